The highest BCUT2D eigenvalue weighted by atomic mass is 16.5. The molecule has 3 N–H and O–H groups in total. The number of hydrogen-bond donors (Lipinski definition) is 2. The van der Waals surface area contributed by atoms with Crippen molar-refractivity contribution in [2.45, 2.75) is 13.8 Å². The van der Waals surface area contributed by atoms with Gasteiger partial charge in [-0.2, -0.15) is 0 Å². The third-order valence-corrected chi connectivity index (χ3v) is 1.99. The van der Waals surface area contributed by atoms with Crippen molar-refractivity contribution in [3.8, 4) is 5.75 Å². The number of nitrogens with one attached hydrogen (secondary N) is 1. The van der Waals surface area contributed by atoms with Gasteiger partial charge in [0.25, 0.3) is 5.91 Å². The Morgan fingerprint density at radius 3 is 2.50 bits per heavy atom. The number of amides is 1. The Kier molecular flexibility index (Phi) is 4.54. The van der Waals surface area contributed by atoms with Crippen LogP contribution in [-0.2, 0) is 0 Å². The molecule has 1 aromatic carbocycles. The van der Waals surface area contributed by atoms with Gasteiger partial charge in [-0.15, -0.1) is 0 Å². The topological polar surface area (TPSA) is 64.3 Å². The van der Waals surface area contributed by atoms with E-state index in [1.54, 1.807) is 24.3 Å². The van der Waals surface area contributed by atoms with E-state index >= 15 is 0 Å². The summed E-state index contributed by atoms with van der Waals surface area (Å²) < 4.78 is 5.45. The van der Waals surface area contributed by atoms with Crippen molar-refractivity contribution in [3.05, 3.63) is 41.5 Å². The van der Waals surface area contributed by atoms with Gasteiger partial charge in [0.05, 0.1) is 0 Å². The highest BCUT2D eigenvalue weighted by Gasteiger charge is 2.02. The average molecular weight is 220 g/mol. The van der Waals surface area contributed by atoms with Crippen LogP contribution in [0.2, 0.25) is 0 Å². The minimum atomic E-state index is -0.309. The maximum Gasteiger partial charge on any atom is 0.265 e. The summed E-state index contributed by atoms with van der Waals surface area (Å²) in [6, 6.07) is 6.81. The number of rotatable bonds is 4. The smallest absolute Gasteiger partial charge is 0.265 e. The molecule has 0 spiro atoms. The lowest BCUT2D eigenvalue weighted by Crippen LogP contribution is -2.29. The van der Waals surface area contributed by atoms with Crippen LogP contribution in [0.4, 0.5) is 0 Å². The first kappa shape index (κ1) is 12.3. The molecule has 0 aliphatic rings. The summed E-state index contributed by atoms with van der Waals surface area (Å²) in [5, 5.41) is 0. The number of carbonyl (C=O) groups is 1. The zero-order chi connectivity index (χ0) is 12.0. The Morgan fingerprint density at radius 1 is 1.38 bits per heavy atom. The van der Waals surface area contributed by atoms with Gasteiger partial charge in [-0.25, -0.2) is 5.84 Å². The number of hydrogen-bond acceptors (Lipinski definition) is 3. The van der Waals surface area contributed by atoms with Gasteiger partial charge < -0.3 is 4.74 Å². The van der Waals surface area contributed by atoms with E-state index in [1.807, 2.05) is 19.9 Å². The molecule has 1 amide bonds. The van der Waals surface area contributed by atoms with Crippen molar-refractivity contribution in [1.82, 2.24) is 5.43 Å². The lowest BCUT2D eigenvalue weighted by Gasteiger charge is -2.04. The predicted octanol–water partition coefficient (Wildman–Crippen LogP) is 1.64. The molecule has 4 heteroatoms. The molecule has 0 radical (unpaired) electrons. The third kappa shape index (κ3) is 3.74. The molecule has 0 aromatic heterocycles. The SMILES string of the molecule is CC(C)=CCOc1ccc(C(=O)NN)cc1. The van der Waals surface area contributed by atoms with E-state index in [-0.39, 0.29) is 5.91 Å². The van der Waals surface area contributed by atoms with E-state index in [9.17, 15) is 4.79 Å². The van der Waals surface area contributed by atoms with Crippen molar-refractivity contribution in [2.24, 2.45) is 5.84 Å². The fraction of sp³-hybridized carbons (Fsp3) is 0.250. The summed E-state index contributed by atoms with van der Waals surface area (Å²) in [5.74, 6) is 5.44. The third-order valence-electron chi connectivity index (χ3n) is 1.99. The quantitative estimate of drug-likeness (QED) is 0.351. The molecule has 86 valence electrons. The molecule has 0 heterocycles. The lowest BCUT2D eigenvalue weighted by atomic mass is 10.2. The second kappa shape index (κ2) is 5.92. The van der Waals surface area contributed by atoms with Gasteiger partial charge in [0.1, 0.15) is 12.4 Å². The Labute approximate surface area is 95.1 Å². The summed E-state index contributed by atoms with van der Waals surface area (Å²) in [6.45, 7) is 4.56. The molecule has 0 bridgehead atoms. The van der Waals surface area contributed by atoms with Crippen LogP contribution < -0.4 is 16.0 Å². The molecule has 0 saturated carbocycles. The summed E-state index contributed by atoms with van der Waals surface area (Å²) in [4.78, 5) is 11.1. The van der Waals surface area contributed by atoms with E-state index in [4.69, 9.17) is 10.6 Å². The molecule has 0 atom stereocenters. The predicted molar refractivity (Wildman–Crippen MR) is 63.0 cm³/mol. The minimum absolute atomic E-state index is 0.309. The molecule has 0 saturated heterocycles. The number of benzene rings is 1. The zero-order valence-electron chi connectivity index (χ0n) is 9.49. The molecule has 0 aliphatic heterocycles. The van der Waals surface area contributed by atoms with Gasteiger partial charge >= 0.3 is 0 Å². The van der Waals surface area contributed by atoms with E-state index in [0.717, 1.165) is 5.75 Å². The first-order valence-electron chi connectivity index (χ1n) is 5.00. The summed E-state index contributed by atoms with van der Waals surface area (Å²) >= 11 is 0. The molecule has 1 aromatic rings. The van der Waals surface area contributed by atoms with Crippen molar-refractivity contribution in [1.29, 1.82) is 0 Å². The molecule has 0 unspecified atom stereocenters. The number of carbonyl (C=O) groups excluding carboxylic acids is 1. The number of nitrogens with two attached hydrogens (primary N) is 1. The van der Waals surface area contributed by atoms with Crippen LogP contribution in [-0.4, -0.2) is 12.5 Å². The van der Waals surface area contributed by atoms with Crippen LogP contribution in [0.25, 0.3) is 0 Å². The van der Waals surface area contributed by atoms with Gasteiger partial charge in [0.15, 0.2) is 0 Å². The van der Waals surface area contributed by atoms with Gasteiger partial charge in [-0.05, 0) is 44.2 Å². The number of ether oxygens (including phenoxy) is 1. The Balaban J connectivity index is 2.58. The van der Waals surface area contributed by atoms with E-state index in [1.165, 1.54) is 5.57 Å². The molecule has 0 aliphatic carbocycles. The van der Waals surface area contributed by atoms with Crippen LogP contribution >= 0.6 is 0 Å². The van der Waals surface area contributed by atoms with Crippen LogP contribution in [0.3, 0.4) is 0 Å². The highest BCUT2D eigenvalue weighted by Crippen LogP contribution is 2.12. The fourth-order valence-corrected chi connectivity index (χ4v) is 1.09. The van der Waals surface area contributed by atoms with Crippen molar-refractivity contribution in [2.75, 3.05) is 6.61 Å². The highest BCUT2D eigenvalue weighted by molar-refractivity contribution is 5.93. The first-order valence-corrected chi connectivity index (χ1v) is 5.00. The molecule has 0 fully saturated rings. The summed E-state index contributed by atoms with van der Waals surface area (Å²) in [5.41, 5.74) is 3.79. The number of nitrogen functional groups attached to an aromatic ring is 1. The van der Waals surface area contributed by atoms with E-state index in [0.29, 0.717) is 12.2 Å². The van der Waals surface area contributed by atoms with Gasteiger partial charge in [-0.1, -0.05) is 5.57 Å². The average Bonchev–Trinajstić information content (AvgIpc) is 2.28. The molecular weight excluding hydrogens is 204 g/mol. The van der Waals surface area contributed by atoms with Crippen LogP contribution in [0.5, 0.6) is 5.75 Å². The minimum Gasteiger partial charge on any atom is -0.490 e. The molecule has 16 heavy (non-hydrogen) atoms. The van der Waals surface area contributed by atoms with Crippen LogP contribution in [0.15, 0.2) is 35.9 Å². The van der Waals surface area contributed by atoms with Gasteiger partial charge in [-0.3, -0.25) is 10.2 Å². The Morgan fingerprint density at radius 2 is 2.00 bits per heavy atom. The largest absolute Gasteiger partial charge is 0.490 e. The number of allylic oxidation sites excluding steroid dienone is 1. The van der Waals surface area contributed by atoms with Crippen LogP contribution in [0.1, 0.15) is 24.2 Å². The first-order chi connectivity index (χ1) is 7.63. The normalized spacial score (nSPS) is 9.44. The van der Waals surface area contributed by atoms with Crippen molar-refractivity contribution < 1.29 is 9.53 Å². The Hall–Kier alpha value is -1.81. The fourth-order valence-electron chi connectivity index (χ4n) is 1.09. The monoisotopic (exact) mass is 220 g/mol. The van der Waals surface area contributed by atoms with E-state index < -0.39 is 0 Å². The maximum atomic E-state index is 11.1. The standard InChI is InChI=1S/C12H16N2O2/c1-9(2)7-8-16-11-5-3-10(4-6-11)12(15)14-13/h3-7H,8,13H2,1-2H3,(H,14,15). The molecule has 1 rings (SSSR count). The summed E-state index contributed by atoms with van der Waals surface area (Å²) in [6.07, 6.45) is 1.99. The lowest BCUT2D eigenvalue weighted by molar-refractivity contribution is 0.0953. The number of hydrazine groups is 1. The molecular formula is C12H16N2O2. The van der Waals surface area contributed by atoms with Crippen molar-refractivity contribution in [3.63, 3.8) is 0 Å². The van der Waals surface area contributed by atoms with Gasteiger partial charge in [0, 0.05) is 5.56 Å². The second-order valence-electron chi connectivity index (χ2n) is 3.59. The van der Waals surface area contributed by atoms with Gasteiger partial charge in [0.2, 0.25) is 0 Å². The second-order valence-corrected chi connectivity index (χ2v) is 3.59. The van der Waals surface area contributed by atoms with Crippen LogP contribution in [0, 0.1) is 0 Å². The van der Waals surface area contributed by atoms with E-state index in [2.05, 4.69) is 5.43 Å². The molecule has 4 nitrogen and oxygen atoms in total. The Bertz CT molecular complexity index is 379. The summed E-state index contributed by atoms with van der Waals surface area (Å²) in [7, 11) is 0. The zero-order valence-corrected chi connectivity index (χ0v) is 9.49. The van der Waals surface area contributed by atoms with Crippen molar-refractivity contribution >= 4 is 5.91 Å². The maximum absolute atomic E-state index is 11.1.